The van der Waals surface area contributed by atoms with Gasteiger partial charge in [-0.05, 0) is 42.7 Å². The lowest BCUT2D eigenvalue weighted by atomic mass is 10.0. The Labute approximate surface area is 143 Å². The van der Waals surface area contributed by atoms with Gasteiger partial charge in [-0.1, -0.05) is 30.3 Å². The third-order valence-electron chi connectivity index (χ3n) is 4.44. The Morgan fingerprint density at radius 1 is 1.08 bits per heavy atom. The molecule has 2 N–H and O–H groups in total. The molecule has 0 aromatic heterocycles. The molecule has 0 amide bonds. The van der Waals surface area contributed by atoms with Crippen molar-refractivity contribution in [2.24, 2.45) is 0 Å². The van der Waals surface area contributed by atoms with E-state index in [0.29, 0.717) is 19.8 Å². The second kappa shape index (κ2) is 7.69. The summed E-state index contributed by atoms with van der Waals surface area (Å²) in [5.41, 5.74) is 3.20. The van der Waals surface area contributed by atoms with E-state index in [-0.39, 0.29) is 6.04 Å². The predicted molar refractivity (Wildman–Crippen MR) is 94.6 cm³/mol. The van der Waals surface area contributed by atoms with Gasteiger partial charge in [-0.3, -0.25) is 0 Å². The molecule has 0 spiro atoms. The molecule has 1 aliphatic rings. The van der Waals surface area contributed by atoms with Gasteiger partial charge >= 0.3 is 0 Å². The number of rotatable bonds is 5. The molecule has 3 rings (SSSR count). The zero-order chi connectivity index (χ0) is 16.9. The maximum atomic E-state index is 10.4. The van der Waals surface area contributed by atoms with E-state index < -0.39 is 6.10 Å². The summed E-state index contributed by atoms with van der Waals surface area (Å²) in [4.78, 5) is 0. The standard InChI is InChI=1S/C20H25NO3/c1-14-6-3-4-7-17(14)18(22)13-21-15(2)16-8-9-19-20(12-16)24-11-5-10-23-19/h3-4,6-9,12,15,18,21-22H,5,10-11,13H2,1-2H3. The Morgan fingerprint density at radius 2 is 1.83 bits per heavy atom. The highest BCUT2D eigenvalue weighted by molar-refractivity contribution is 5.44. The quantitative estimate of drug-likeness (QED) is 0.882. The first-order chi connectivity index (χ1) is 11.6. The molecule has 1 heterocycles. The van der Waals surface area contributed by atoms with Crippen LogP contribution in [0.4, 0.5) is 0 Å². The third kappa shape index (κ3) is 3.89. The number of aliphatic hydroxyl groups is 1. The summed E-state index contributed by atoms with van der Waals surface area (Å²) in [6.07, 6.45) is 0.384. The van der Waals surface area contributed by atoms with E-state index >= 15 is 0 Å². The zero-order valence-electron chi connectivity index (χ0n) is 14.3. The monoisotopic (exact) mass is 327 g/mol. The first kappa shape index (κ1) is 16.8. The molecule has 2 aromatic rings. The summed E-state index contributed by atoms with van der Waals surface area (Å²) in [6, 6.07) is 14.1. The Balaban J connectivity index is 1.64. The van der Waals surface area contributed by atoms with Crippen LogP contribution in [0.2, 0.25) is 0 Å². The summed E-state index contributed by atoms with van der Waals surface area (Å²) in [6.45, 7) is 5.99. The van der Waals surface area contributed by atoms with Crippen molar-refractivity contribution < 1.29 is 14.6 Å². The van der Waals surface area contributed by atoms with Crippen molar-refractivity contribution in [3.05, 3.63) is 59.2 Å². The number of benzene rings is 2. The smallest absolute Gasteiger partial charge is 0.161 e. The van der Waals surface area contributed by atoms with E-state index in [1.54, 1.807) is 0 Å². The van der Waals surface area contributed by atoms with Gasteiger partial charge in [0.15, 0.2) is 11.5 Å². The Morgan fingerprint density at radius 3 is 2.62 bits per heavy atom. The van der Waals surface area contributed by atoms with Crippen LogP contribution in [-0.4, -0.2) is 24.9 Å². The average Bonchev–Trinajstić information content (AvgIpc) is 2.84. The van der Waals surface area contributed by atoms with Crippen LogP contribution in [0.1, 0.15) is 42.2 Å². The van der Waals surface area contributed by atoms with Gasteiger partial charge in [0.25, 0.3) is 0 Å². The van der Waals surface area contributed by atoms with Gasteiger partial charge < -0.3 is 19.9 Å². The van der Waals surface area contributed by atoms with Crippen LogP contribution in [0.3, 0.4) is 0 Å². The number of hydrogen-bond donors (Lipinski definition) is 2. The van der Waals surface area contributed by atoms with Crippen molar-refractivity contribution in [3.63, 3.8) is 0 Å². The van der Waals surface area contributed by atoms with Gasteiger partial charge in [0.2, 0.25) is 0 Å². The minimum atomic E-state index is -0.519. The molecule has 2 atom stereocenters. The zero-order valence-corrected chi connectivity index (χ0v) is 14.3. The highest BCUT2D eigenvalue weighted by Crippen LogP contribution is 2.32. The molecule has 128 valence electrons. The van der Waals surface area contributed by atoms with Crippen molar-refractivity contribution in [3.8, 4) is 11.5 Å². The lowest BCUT2D eigenvalue weighted by molar-refractivity contribution is 0.170. The van der Waals surface area contributed by atoms with Gasteiger partial charge in [-0.2, -0.15) is 0 Å². The van der Waals surface area contributed by atoms with Crippen LogP contribution in [0.25, 0.3) is 0 Å². The topological polar surface area (TPSA) is 50.7 Å². The lowest BCUT2D eigenvalue weighted by Gasteiger charge is -2.20. The van der Waals surface area contributed by atoms with E-state index in [1.807, 2.05) is 49.4 Å². The molecule has 0 bridgehead atoms. The number of fused-ring (bicyclic) bond motifs is 1. The van der Waals surface area contributed by atoms with E-state index in [4.69, 9.17) is 9.47 Å². The molecule has 0 radical (unpaired) electrons. The molecule has 2 unspecified atom stereocenters. The Hall–Kier alpha value is -2.04. The normalized spacial score (nSPS) is 16.3. The second-order valence-corrected chi connectivity index (χ2v) is 6.26. The fourth-order valence-corrected chi connectivity index (χ4v) is 2.93. The molecular formula is C20H25NO3. The molecular weight excluding hydrogens is 302 g/mol. The molecule has 4 nitrogen and oxygen atoms in total. The highest BCUT2D eigenvalue weighted by Gasteiger charge is 2.15. The van der Waals surface area contributed by atoms with Crippen LogP contribution in [-0.2, 0) is 0 Å². The molecule has 24 heavy (non-hydrogen) atoms. The first-order valence-corrected chi connectivity index (χ1v) is 8.51. The lowest BCUT2D eigenvalue weighted by Crippen LogP contribution is -2.25. The molecule has 0 aliphatic carbocycles. The SMILES string of the molecule is Cc1ccccc1C(O)CNC(C)c1ccc2c(c1)OCCCO2. The fourth-order valence-electron chi connectivity index (χ4n) is 2.93. The minimum absolute atomic E-state index is 0.112. The Kier molecular flexibility index (Phi) is 5.38. The number of aliphatic hydroxyl groups excluding tert-OH is 1. The van der Waals surface area contributed by atoms with Crippen molar-refractivity contribution in [2.75, 3.05) is 19.8 Å². The van der Waals surface area contributed by atoms with E-state index in [1.165, 1.54) is 0 Å². The number of hydrogen-bond acceptors (Lipinski definition) is 4. The van der Waals surface area contributed by atoms with Crippen molar-refractivity contribution in [1.29, 1.82) is 0 Å². The van der Waals surface area contributed by atoms with Crippen molar-refractivity contribution >= 4 is 0 Å². The van der Waals surface area contributed by atoms with Crippen LogP contribution >= 0.6 is 0 Å². The molecule has 0 fully saturated rings. The van der Waals surface area contributed by atoms with Crippen molar-refractivity contribution in [2.45, 2.75) is 32.4 Å². The van der Waals surface area contributed by atoms with Gasteiger partial charge in [-0.15, -0.1) is 0 Å². The van der Waals surface area contributed by atoms with Gasteiger partial charge in [-0.25, -0.2) is 0 Å². The van der Waals surface area contributed by atoms with E-state index in [9.17, 15) is 5.11 Å². The summed E-state index contributed by atoms with van der Waals surface area (Å²) in [5.74, 6) is 1.61. The van der Waals surface area contributed by atoms with E-state index in [0.717, 1.165) is 34.6 Å². The molecule has 4 heteroatoms. The van der Waals surface area contributed by atoms with Gasteiger partial charge in [0.05, 0.1) is 19.3 Å². The van der Waals surface area contributed by atoms with Crippen LogP contribution < -0.4 is 14.8 Å². The maximum absolute atomic E-state index is 10.4. The summed E-state index contributed by atoms with van der Waals surface area (Å²) >= 11 is 0. The van der Waals surface area contributed by atoms with Gasteiger partial charge in [0, 0.05) is 19.0 Å². The van der Waals surface area contributed by atoms with Gasteiger partial charge in [0.1, 0.15) is 0 Å². The second-order valence-electron chi connectivity index (χ2n) is 6.26. The molecule has 2 aromatic carbocycles. The fraction of sp³-hybridized carbons (Fsp3) is 0.400. The first-order valence-electron chi connectivity index (χ1n) is 8.51. The predicted octanol–water partition coefficient (Wildman–Crippen LogP) is 3.54. The summed E-state index contributed by atoms with van der Waals surface area (Å²) in [5, 5.41) is 13.8. The molecule has 0 saturated carbocycles. The van der Waals surface area contributed by atoms with Crippen LogP contribution in [0.5, 0.6) is 11.5 Å². The third-order valence-corrected chi connectivity index (χ3v) is 4.44. The molecule has 0 saturated heterocycles. The number of aryl methyl sites for hydroxylation is 1. The maximum Gasteiger partial charge on any atom is 0.161 e. The number of nitrogens with one attached hydrogen (secondary N) is 1. The number of ether oxygens (including phenoxy) is 2. The largest absolute Gasteiger partial charge is 0.490 e. The van der Waals surface area contributed by atoms with E-state index in [2.05, 4.69) is 12.2 Å². The summed E-state index contributed by atoms with van der Waals surface area (Å²) < 4.78 is 11.4. The minimum Gasteiger partial charge on any atom is -0.490 e. The van der Waals surface area contributed by atoms with Crippen LogP contribution in [0.15, 0.2) is 42.5 Å². The average molecular weight is 327 g/mol. The summed E-state index contributed by atoms with van der Waals surface area (Å²) in [7, 11) is 0. The Bertz CT molecular complexity index is 686. The van der Waals surface area contributed by atoms with Crippen molar-refractivity contribution in [1.82, 2.24) is 5.32 Å². The highest BCUT2D eigenvalue weighted by atomic mass is 16.5. The van der Waals surface area contributed by atoms with Crippen LogP contribution in [0, 0.1) is 6.92 Å². The molecule has 1 aliphatic heterocycles.